The molecule has 1 aromatic rings. The molecule has 21 nitrogen and oxygen atoms in total. The van der Waals surface area contributed by atoms with Gasteiger partial charge in [-0.05, 0) is 36.1 Å². The van der Waals surface area contributed by atoms with Crippen molar-refractivity contribution < 1.29 is 103 Å². The van der Waals surface area contributed by atoms with E-state index in [1.165, 1.54) is 19.3 Å². The summed E-state index contributed by atoms with van der Waals surface area (Å²) in [6.45, 7) is -0.849. The van der Waals surface area contributed by atoms with Crippen LogP contribution in [0.25, 0.3) is 6.08 Å². The minimum atomic E-state index is -1.91. The number of carbonyl (C=O) groups excluding carboxylic acids is 3. The van der Waals surface area contributed by atoms with Crippen LogP contribution in [0, 0.1) is 17.8 Å². The lowest BCUT2D eigenvalue weighted by Gasteiger charge is -2.44. The van der Waals surface area contributed by atoms with Crippen LogP contribution in [0.1, 0.15) is 25.3 Å². The monoisotopic (exact) mass is 890 g/mol. The van der Waals surface area contributed by atoms with Gasteiger partial charge in [-0.3, -0.25) is 4.79 Å². The number of benzene rings is 1. The molecule has 1 aromatic carbocycles. The number of carbonyl (C=O) groups is 3. The number of aliphatic hydroxyl groups is 8. The highest BCUT2D eigenvalue weighted by molar-refractivity contribution is 5.90. The van der Waals surface area contributed by atoms with Crippen LogP contribution in [-0.2, 0) is 61.8 Å². The third-order valence-electron chi connectivity index (χ3n) is 12.5. The topological polar surface area (TPSA) is 309 Å². The molecule has 0 radical (unpaired) electrons. The SMILES string of the molecule is CC(=O)OCC1=C2[C@H](O[C@@H]3O[C@H](CO)[C@@H](O)[C@H](O)[C@H]3O)OC=C(C(=O)O[C@H]3[C@H](O[C@@H]4OC=C[C@@H]5[C@H](O)[C@@H]6O[C@]6(COC(=O)/C=C/c6ccccc6)[C@H]45)O[C@H](CO)[C@@H](O)[C@@H]3O)[C@H]2CC1. The second-order valence-electron chi connectivity index (χ2n) is 16.3. The number of hydrogen-bond donors (Lipinski definition) is 8. The normalized spacial score (nSPS) is 41.4. The van der Waals surface area contributed by atoms with E-state index in [0.29, 0.717) is 5.57 Å². The van der Waals surface area contributed by atoms with E-state index < -0.39 is 141 Å². The van der Waals surface area contributed by atoms with E-state index in [1.807, 2.05) is 18.2 Å². The second-order valence-corrected chi connectivity index (χ2v) is 16.3. The highest BCUT2D eigenvalue weighted by Crippen LogP contribution is 2.60. The second kappa shape index (κ2) is 18.6. The van der Waals surface area contributed by atoms with Crippen LogP contribution in [0.4, 0.5) is 0 Å². The third-order valence-corrected chi connectivity index (χ3v) is 12.5. The summed E-state index contributed by atoms with van der Waals surface area (Å²) < 4.78 is 57.8. The van der Waals surface area contributed by atoms with Crippen LogP contribution in [0.2, 0.25) is 0 Å². The standard InChI is InChI=1S/C42H50O21/c1-18(45)55-15-20-8-9-21-23(16-56-38(27(20)21)61-40-34(52)32(50)30(48)24(13-43)58-40)37(53)60-35-33(51)31(49)25(14-44)59-41(35)62-39-28-22(11-12-54-39)29(47)36-42(28,63-36)17-57-26(46)10-7-19-5-3-2-4-6-19/h2-7,10-12,16,21-22,24-25,28-36,38-41,43-44,47-52H,8-9,13-15,17H2,1H3/b10-7+/t21-,22+,24-,25-,28+,29+,30-,31-,32+,33+,34-,35-,36+,38+,39+,40+,41+,42-/m1/s1. The first-order valence-electron chi connectivity index (χ1n) is 20.5. The molecule has 0 bridgehead atoms. The van der Waals surface area contributed by atoms with Gasteiger partial charge in [-0.25, -0.2) is 9.59 Å². The van der Waals surface area contributed by atoms with Crippen LogP contribution in [0.3, 0.4) is 0 Å². The molecule has 5 heterocycles. The summed E-state index contributed by atoms with van der Waals surface area (Å²) in [7, 11) is 0. The Labute approximate surface area is 359 Å². The molecule has 63 heavy (non-hydrogen) atoms. The maximum absolute atomic E-state index is 14.2. The molecule has 18 atom stereocenters. The van der Waals surface area contributed by atoms with Crippen molar-refractivity contribution in [2.75, 3.05) is 26.4 Å². The summed E-state index contributed by atoms with van der Waals surface area (Å²) in [5, 5.41) is 84.5. The zero-order chi connectivity index (χ0) is 44.7. The van der Waals surface area contributed by atoms with Crippen molar-refractivity contribution in [1.29, 1.82) is 0 Å². The molecule has 3 saturated heterocycles. The van der Waals surface area contributed by atoms with Crippen molar-refractivity contribution >= 4 is 24.0 Å². The van der Waals surface area contributed by atoms with E-state index in [1.54, 1.807) is 24.3 Å². The van der Waals surface area contributed by atoms with Crippen molar-refractivity contribution in [3.05, 3.63) is 77.3 Å². The quantitative estimate of drug-likeness (QED) is 0.0316. The van der Waals surface area contributed by atoms with Crippen molar-refractivity contribution in [2.45, 2.75) is 112 Å². The number of esters is 3. The molecule has 344 valence electrons. The Kier molecular flexibility index (Phi) is 13.4. The van der Waals surface area contributed by atoms with Gasteiger partial charge in [0.1, 0.15) is 67.6 Å². The summed E-state index contributed by atoms with van der Waals surface area (Å²) >= 11 is 0. The van der Waals surface area contributed by atoms with Gasteiger partial charge in [-0.1, -0.05) is 30.3 Å². The maximum atomic E-state index is 14.2. The fourth-order valence-electron chi connectivity index (χ4n) is 9.17. The van der Waals surface area contributed by atoms with Gasteiger partial charge in [-0.15, -0.1) is 0 Å². The average molecular weight is 891 g/mol. The van der Waals surface area contributed by atoms with Crippen molar-refractivity contribution in [1.82, 2.24) is 0 Å². The van der Waals surface area contributed by atoms with Gasteiger partial charge in [0, 0.05) is 30.4 Å². The Morgan fingerprint density at radius 3 is 2.25 bits per heavy atom. The zero-order valence-corrected chi connectivity index (χ0v) is 33.7. The summed E-state index contributed by atoms with van der Waals surface area (Å²) in [5.41, 5.74) is 0.133. The van der Waals surface area contributed by atoms with Crippen molar-refractivity contribution in [2.24, 2.45) is 17.8 Å². The Hall–Kier alpha value is -4.33. The van der Waals surface area contributed by atoms with Crippen LogP contribution < -0.4 is 0 Å². The molecule has 21 heteroatoms. The van der Waals surface area contributed by atoms with Crippen LogP contribution in [-0.4, -0.2) is 177 Å². The van der Waals surface area contributed by atoms with Crippen LogP contribution in [0.5, 0.6) is 0 Å². The molecule has 0 unspecified atom stereocenters. The number of hydrogen-bond acceptors (Lipinski definition) is 21. The van der Waals surface area contributed by atoms with E-state index in [4.69, 9.17) is 47.4 Å². The van der Waals surface area contributed by atoms with E-state index >= 15 is 0 Å². The Morgan fingerprint density at radius 2 is 1.54 bits per heavy atom. The Morgan fingerprint density at radius 1 is 0.825 bits per heavy atom. The minimum absolute atomic E-state index is 0.117. The van der Waals surface area contributed by atoms with E-state index in [9.17, 15) is 55.2 Å². The van der Waals surface area contributed by atoms with E-state index in [-0.39, 0.29) is 37.2 Å². The summed E-state index contributed by atoms with van der Waals surface area (Å²) in [5.74, 6) is -4.69. The zero-order valence-electron chi connectivity index (χ0n) is 33.7. The smallest absolute Gasteiger partial charge is 0.338 e. The molecule has 7 aliphatic rings. The summed E-state index contributed by atoms with van der Waals surface area (Å²) in [6, 6.07) is 9.06. The fraction of sp³-hybridized carbons (Fsp3) is 0.595. The number of fused-ring (bicyclic) bond motifs is 4. The first kappa shape index (κ1) is 45.2. The predicted molar refractivity (Wildman–Crippen MR) is 204 cm³/mol. The lowest BCUT2D eigenvalue weighted by Crippen LogP contribution is -2.62. The maximum Gasteiger partial charge on any atom is 0.338 e. The highest BCUT2D eigenvalue weighted by Gasteiger charge is 2.76. The summed E-state index contributed by atoms with van der Waals surface area (Å²) in [4.78, 5) is 38.7. The Bertz CT molecular complexity index is 1970. The Balaban J connectivity index is 1.01. The average Bonchev–Trinajstić information content (AvgIpc) is 3.77. The van der Waals surface area contributed by atoms with Gasteiger partial charge < -0.3 is 88.2 Å². The van der Waals surface area contributed by atoms with Crippen LogP contribution >= 0.6 is 0 Å². The number of rotatable bonds is 14. The first-order valence-corrected chi connectivity index (χ1v) is 20.5. The van der Waals surface area contributed by atoms with Gasteiger partial charge in [0.05, 0.1) is 43.3 Å². The van der Waals surface area contributed by atoms with Gasteiger partial charge >= 0.3 is 17.9 Å². The first-order chi connectivity index (χ1) is 30.3. The van der Waals surface area contributed by atoms with Crippen molar-refractivity contribution in [3.63, 3.8) is 0 Å². The minimum Gasteiger partial charge on any atom is -0.472 e. The molecule has 8 N–H and O–H groups in total. The molecule has 5 aliphatic heterocycles. The van der Waals surface area contributed by atoms with Gasteiger partial charge in [0.25, 0.3) is 0 Å². The molecule has 1 saturated carbocycles. The van der Waals surface area contributed by atoms with E-state index in [0.717, 1.165) is 11.8 Å². The van der Waals surface area contributed by atoms with Crippen LogP contribution in [0.15, 0.2) is 71.7 Å². The number of ether oxygens (including phenoxy) is 10. The van der Waals surface area contributed by atoms with Gasteiger partial charge in [-0.2, -0.15) is 0 Å². The lowest BCUT2D eigenvalue weighted by atomic mass is 9.85. The highest BCUT2D eigenvalue weighted by atomic mass is 16.8. The van der Waals surface area contributed by atoms with Gasteiger partial charge in [0.15, 0.2) is 12.4 Å². The molecule has 8 rings (SSSR count). The molecule has 0 spiro atoms. The molecule has 0 aromatic heterocycles. The lowest BCUT2D eigenvalue weighted by molar-refractivity contribution is -0.345. The number of aliphatic hydroxyl groups excluding tert-OH is 8. The number of epoxide rings is 1. The van der Waals surface area contributed by atoms with E-state index in [2.05, 4.69) is 0 Å². The van der Waals surface area contributed by atoms with Crippen molar-refractivity contribution in [3.8, 4) is 0 Å². The largest absolute Gasteiger partial charge is 0.472 e. The molecule has 2 aliphatic carbocycles. The molecule has 4 fully saturated rings. The molecule has 0 amide bonds. The molecular weight excluding hydrogens is 840 g/mol. The van der Waals surface area contributed by atoms with Gasteiger partial charge in [0.2, 0.25) is 18.9 Å². The molecular formula is C42H50O21. The third kappa shape index (κ3) is 8.78. The predicted octanol–water partition coefficient (Wildman–Crippen LogP) is -2.45. The summed E-state index contributed by atoms with van der Waals surface area (Å²) in [6.07, 6.45) is -14.2. The fourth-order valence-corrected chi connectivity index (χ4v) is 9.17.